The second-order valence-corrected chi connectivity index (χ2v) is 2.42. The third kappa shape index (κ3) is 1.93. The Morgan fingerprint density at radius 1 is 1.55 bits per heavy atom. The van der Waals surface area contributed by atoms with Crippen molar-refractivity contribution in [3.8, 4) is 0 Å². The molecule has 0 unspecified atom stereocenters. The van der Waals surface area contributed by atoms with E-state index in [-0.39, 0.29) is 5.91 Å². The van der Waals surface area contributed by atoms with E-state index in [4.69, 9.17) is 17.4 Å². The number of halogens is 1. The van der Waals surface area contributed by atoms with Crippen LogP contribution in [0.1, 0.15) is 10.4 Å². The molecule has 0 atom stereocenters. The maximum absolute atomic E-state index is 10.9. The number of rotatable bonds is 1. The van der Waals surface area contributed by atoms with E-state index in [9.17, 15) is 4.79 Å². The highest BCUT2D eigenvalue weighted by Gasteiger charge is 2.01. The van der Waals surface area contributed by atoms with Gasteiger partial charge in [-0.15, -0.1) is 0 Å². The van der Waals surface area contributed by atoms with E-state index in [1.54, 1.807) is 24.3 Å². The van der Waals surface area contributed by atoms with E-state index >= 15 is 0 Å². The molecule has 0 aliphatic carbocycles. The highest BCUT2D eigenvalue weighted by atomic mass is 35.5. The van der Waals surface area contributed by atoms with Crippen LogP contribution in [0, 0.1) is 0 Å². The summed E-state index contributed by atoms with van der Waals surface area (Å²) in [7, 11) is 0. The molecule has 0 saturated carbocycles. The van der Waals surface area contributed by atoms with Gasteiger partial charge in [0.25, 0.3) is 5.91 Å². The van der Waals surface area contributed by atoms with Crippen molar-refractivity contribution in [1.82, 2.24) is 5.43 Å². The van der Waals surface area contributed by atoms with Crippen molar-refractivity contribution in [2.75, 3.05) is 0 Å². The number of amides is 1. The van der Waals surface area contributed by atoms with E-state index in [1.807, 2.05) is 5.43 Å². The summed E-state index contributed by atoms with van der Waals surface area (Å²) in [4.78, 5) is 10.9. The van der Waals surface area contributed by atoms with Crippen molar-refractivity contribution in [2.24, 2.45) is 5.84 Å². The van der Waals surface area contributed by atoms with Crippen LogP contribution >= 0.6 is 11.6 Å². The van der Waals surface area contributed by atoms with E-state index in [1.165, 1.54) is 0 Å². The molecule has 11 heavy (non-hydrogen) atoms. The second-order valence-electron chi connectivity index (χ2n) is 1.98. The first-order chi connectivity index (χ1) is 5.24. The summed E-state index contributed by atoms with van der Waals surface area (Å²) in [5, 5.41) is 0.520. The molecule has 1 rings (SSSR count). The van der Waals surface area contributed by atoms with Crippen LogP contribution < -0.4 is 11.3 Å². The van der Waals surface area contributed by atoms with Gasteiger partial charge in [0.1, 0.15) is 0 Å². The van der Waals surface area contributed by atoms with Crippen molar-refractivity contribution in [1.29, 1.82) is 0 Å². The van der Waals surface area contributed by atoms with E-state index in [0.29, 0.717) is 10.6 Å². The van der Waals surface area contributed by atoms with Gasteiger partial charge in [-0.1, -0.05) is 17.7 Å². The van der Waals surface area contributed by atoms with Gasteiger partial charge in [0.15, 0.2) is 0 Å². The molecule has 0 fully saturated rings. The molecule has 1 aromatic carbocycles. The molecular weight excluding hydrogens is 163 g/mol. The summed E-state index contributed by atoms with van der Waals surface area (Å²) in [5.41, 5.74) is 2.47. The fourth-order valence-corrected chi connectivity index (χ4v) is 0.903. The number of hydrazine groups is 1. The Hall–Kier alpha value is -1.06. The number of nitrogens with two attached hydrogens (primary N) is 1. The van der Waals surface area contributed by atoms with Gasteiger partial charge < -0.3 is 0 Å². The topological polar surface area (TPSA) is 55.1 Å². The minimum absolute atomic E-state index is 0.340. The smallest absolute Gasteiger partial charge is 0.265 e. The number of nitrogen functional groups attached to an aromatic ring is 1. The van der Waals surface area contributed by atoms with Crippen LogP contribution in [0.3, 0.4) is 0 Å². The molecule has 0 bridgehead atoms. The molecule has 4 heteroatoms. The van der Waals surface area contributed by atoms with E-state index < -0.39 is 0 Å². The minimum Gasteiger partial charge on any atom is -0.290 e. The van der Waals surface area contributed by atoms with Crippen molar-refractivity contribution < 1.29 is 4.79 Å². The lowest BCUT2D eigenvalue weighted by atomic mass is 9.90. The SMILES string of the molecule is NN[11C](=O)c1cccc(Cl)c1. The maximum atomic E-state index is 10.9. The number of benzene rings is 1. The van der Waals surface area contributed by atoms with Gasteiger partial charge in [-0.25, -0.2) is 5.84 Å². The highest BCUT2D eigenvalue weighted by Crippen LogP contribution is 2.09. The zero-order chi connectivity index (χ0) is 8.27. The first-order valence-electron chi connectivity index (χ1n) is 3.00. The summed E-state index contributed by atoms with van der Waals surface area (Å²) < 4.78 is 0. The number of hydrogen-bond acceptors (Lipinski definition) is 2. The number of hydrogen-bond donors (Lipinski definition) is 2. The van der Waals surface area contributed by atoms with E-state index in [2.05, 4.69) is 0 Å². The molecule has 3 nitrogen and oxygen atoms in total. The molecule has 1 amide bonds. The summed E-state index contributed by atoms with van der Waals surface area (Å²) in [6.07, 6.45) is 0. The van der Waals surface area contributed by atoms with Crippen molar-refractivity contribution in [2.45, 2.75) is 0 Å². The Balaban J connectivity index is 2.96. The first-order valence-corrected chi connectivity index (χ1v) is 3.38. The van der Waals surface area contributed by atoms with Crippen LogP contribution in [0.5, 0.6) is 0 Å². The highest BCUT2D eigenvalue weighted by molar-refractivity contribution is 6.30. The monoisotopic (exact) mass is 169 g/mol. The largest absolute Gasteiger partial charge is 0.290 e. The molecule has 0 aliphatic heterocycles. The first kappa shape index (κ1) is 8.04. The molecule has 58 valence electrons. The average Bonchev–Trinajstić information content (AvgIpc) is 2.03. The third-order valence-electron chi connectivity index (χ3n) is 1.22. The van der Waals surface area contributed by atoms with Gasteiger partial charge in [-0.2, -0.15) is 0 Å². The molecule has 0 aromatic heterocycles. The van der Waals surface area contributed by atoms with Crippen molar-refractivity contribution in [3.63, 3.8) is 0 Å². The quantitative estimate of drug-likeness (QED) is 0.374. The fraction of sp³-hybridized carbons (Fsp3) is 0. The third-order valence-corrected chi connectivity index (χ3v) is 1.45. The van der Waals surface area contributed by atoms with Crippen LogP contribution in [0.25, 0.3) is 0 Å². The van der Waals surface area contributed by atoms with Gasteiger partial charge in [0.2, 0.25) is 0 Å². The van der Waals surface area contributed by atoms with Crippen LogP contribution in [0.2, 0.25) is 5.02 Å². The van der Waals surface area contributed by atoms with Gasteiger partial charge in [-0.05, 0) is 18.2 Å². The molecule has 0 radical (unpaired) electrons. The molecule has 1 aromatic rings. The van der Waals surface area contributed by atoms with Gasteiger partial charge in [0, 0.05) is 10.6 Å². The Morgan fingerprint density at radius 2 is 2.27 bits per heavy atom. The lowest BCUT2D eigenvalue weighted by Crippen LogP contribution is -2.29. The molecule has 0 spiro atoms. The average molecular weight is 170 g/mol. The summed E-state index contributed by atoms with van der Waals surface area (Å²) in [5.74, 6) is 4.57. The van der Waals surface area contributed by atoms with Crippen LogP contribution in [0.4, 0.5) is 0 Å². The molecule has 0 heterocycles. The molecule has 0 saturated heterocycles. The van der Waals surface area contributed by atoms with Crippen LogP contribution in [0.15, 0.2) is 24.3 Å². The number of carbonyl (C=O) groups is 1. The van der Waals surface area contributed by atoms with Gasteiger partial charge in [-0.3, -0.25) is 10.2 Å². The zero-order valence-corrected chi connectivity index (χ0v) is 6.43. The molecule has 0 aliphatic rings. The zero-order valence-electron chi connectivity index (χ0n) is 5.67. The summed E-state index contributed by atoms with van der Waals surface area (Å²) in [6.45, 7) is 0. The summed E-state index contributed by atoms with van der Waals surface area (Å²) in [6, 6.07) is 6.56. The number of nitrogens with one attached hydrogen (secondary N) is 1. The minimum atomic E-state index is -0.340. The molecular formula is C7H7ClN2O. The standard InChI is InChI=1S/C7H7ClN2O/c8-6-3-1-2-5(4-6)7(11)10-9/h1-4H,9H2,(H,10,11)/i7-1. The lowest BCUT2D eigenvalue weighted by Gasteiger charge is -1.97. The predicted molar refractivity (Wildman–Crippen MR) is 43.1 cm³/mol. The van der Waals surface area contributed by atoms with Gasteiger partial charge >= 0.3 is 0 Å². The number of carbonyl (C=O) groups excluding carboxylic acids is 1. The van der Waals surface area contributed by atoms with E-state index in [0.717, 1.165) is 0 Å². The van der Waals surface area contributed by atoms with Crippen molar-refractivity contribution >= 4 is 17.5 Å². The van der Waals surface area contributed by atoms with Crippen LogP contribution in [-0.2, 0) is 0 Å². The predicted octanol–water partition coefficient (Wildman–Crippen LogP) is 0.943. The Morgan fingerprint density at radius 3 is 2.82 bits per heavy atom. The van der Waals surface area contributed by atoms with Gasteiger partial charge in [0.05, 0.1) is 0 Å². The molecule has 3 N–H and O–H groups in total. The Labute approximate surface area is 69.1 Å². The summed E-state index contributed by atoms with van der Waals surface area (Å²) >= 11 is 5.63. The second kappa shape index (κ2) is 3.37. The fourth-order valence-electron chi connectivity index (χ4n) is 0.713. The normalized spacial score (nSPS) is 9.27. The Kier molecular flexibility index (Phi) is 2.46. The van der Waals surface area contributed by atoms with Crippen molar-refractivity contribution in [3.05, 3.63) is 34.9 Å². The lowest BCUT2D eigenvalue weighted by molar-refractivity contribution is 0.0953. The Bertz CT molecular complexity index is 275. The maximum Gasteiger partial charge on any atom is 0.265 e. The van der Waals surface area contributed by atoms with Crippen LogP contribution in [-0.4, -0.2) is 5.91 Å².